The van der Waals surface area contributed by atoms with Crippen molar-refractivity contribution in [2.75, 3.05) is 12.8 Å². The number of benzene rings is 2. The Bertz CT molecular complexity index is 671. The summed E-state index contributed by atoms with van der Waals surface area (Å²) >= 11 is 3.42. The van der Waals surface area contributed by atoms with Crippen molar-refractivity contribution in [2.24, 2.45) is 0 Å². The SMILES string of the molecule is COc1ccc(Br)c(COC(=O)c2ccc(N)c(C)c2)c1. The lowest BCUT2D eigenvalue weighted by molar-refractivity contribution is 0.0471. The Morgan fingerprint density at radius 2 is 2.00 bits per heavy atom. The van der Waals surface area contributed by atoms with Crippen LogP contribution in [0.4, 0.5) is 5.69 Å². The number of halogens is 1. The maximum absolute atomic E-state index is 12.0. The van der Waals surface area contributed by atoms with Crippen LogP contribution in [0.1, 0.15) is 21.5 Å². The highest BCUT2D eigenvalue weighted by molar-refractivity contribution is 9.10. The molecule has 5 heteroatoms. The number of anilines is 1. The lowest BCUT2D eigenvalue weighted by Gasteiger charge is -2.09. The van der Waals surface area contributed by atoms with E-state index in [1.165, 1.54) is 0 Å². The number of rotatable bonds is 4. The average Bonchev–Trinajstić information content (AvgIpc) is 2.49. The molecule has 2 N–H and O–H groups in total. The average molecular weight is 350 g/mol. The van der Waals surface area contributed by atoms with Crippen LogP contribution in [0.3, 0.4) is 0 Å². The number of esters is 1. The second-order valence-electron chi connectivity index (χ2n) is 4.60. The number of aryl methyl sites for hydroxylation is 1. The van der Waals surface area contributed by atoms with Gasteiger partial charge in [0, 0.05) is 15.7 Å². The molecule has 21 heavy (non-hydrogen) atoms. The molecule has 0 bridgehead atoms. The van der Waals surface area contributed by atoms with E-state index in [0.29, 0.717) is 17.0 Å². The van der Waals surface area contributed by atoms with E-state index in [1.807, 2.05) is 25.1 Å². The smallest absolute Gasteiger partial charge is 0.338 e. The molecule has 0 saturated heterocycles. The fraction of sp³-hybridized carbons (Fsp3) is 0.188. The highest BCUT2D eigenvalue weighted by Gasteiger charge is 2.10. The monoisotopic (exact) mass is 349 g/mol. The first-order valence-corrected chi connectivity index (χ1v) is 7.16. The van der Waals surface area contributed by atoms with Crippen LogP contribution in [-0.4, -0.2) is 13.1 Å². The Kier molecular flexibility index (Phi) is 4.85. The summed E-state index contributed by atoms with van der Waals surface area (Å²) in [6.45, 7) is 2.02. The van der Waals surface area contributed by atoms with Gasteiger partial charge in [0.1, 0.15) is 12.4 Å². The maximum atomic E-state index is 12.0. The fourth-order valence-corrected chi connectivity index (χ4v) is 2.18. The topological polar surface area (TPSA) is 61.5 Å². The van der Waals surface area contributed by atoms with Crippen molar-refractivity contribution in [1.82, 2.24) is 0 Å². The minimum absolute atomic E-state index is 0.167. The molecule has 0 aliphatic rings. The number of ether oxygens (including phenoxy) is 2. The summed E-state index contributed by atoms with van der Waals surface area (Å²) in [4.78, 5) is 12.0. The standard InChI is InChI=1S/C16H16BrNO3/c1-10-7-11(3-6-15(10)18)16(19)21-9-12-8-13(20-2)4-5-14(12)17/h3-8H,9,18H2,1-2H3. The molecule has 4 nitrogen and oxygen atoms in total. The zero-order valence-electron chi connectivity index (χ0n) is 11.9. The van der Waals surface area contributed by atoms with E-state index in [2.05, 4.69) is 15.9 Å². The van der Waals surface area contributed by atoms with Gasteiger partial charge < -0.3 is 15.2 Å². The highest BCUT2D eigenvalue weighted by Crippen LogP contribution is 2.23. The number of carbonyl (C=O) groups is 1. The van der Waals surface area contributed by atoms with Crippen LogP contribution in [0.15, 0.2) is 40.9 Å². The third kappa shape index (κ3) is 3.76. The Balaban J connectivity index is 2.08. The summed E-state index contributed by atoms with van der Waals surface area (Å²) < 4.78 is 11.3. The quantitative estimate of drug-likeness (QED) is 0.675. The van der Waals surface area contributed by atoms with Gasteiger partial charge in [-0.15, -0.1) is 0 Å². The molecule has 2 rings (SSSR count). The Labute approximate surface area is 132 Å². The minimum Gasteiger partial charge on any atom is -0.497 e. The van der Waals surface area contributed by atoms with E-state index >= 15 is 0 Å². The van der Waals surface area contributed by atoms with Crippen LogP contribution in [0.5, 0.6) is 5.75 Å². The first-order valence-electron chi connectivity index (χ1n) is 6.37. The molecule has 0 aromatic heterocycles. The number of nitrogens with two attached hydrogens (primary N) is 1. The summed E-state index contributed by atoms with van der Waals surface area (Å²) in [6.07, 6.45) is 0. The molecule has 0 amide bonds. The molecule has 2 aromatic carbocycles. The van der Waals surface area contributed by atoms with Crippen molar-refractivity contribution >= 4 is 27.6 Å². The Hall–Kier alpha value is -2.01. The highest BCUT2D eigenvalue weighted by atomic mass is 79.9. The fourth-order valence-electron chi connectivity index (χ4n) is 1.82. The van der Waals surface area contributed by atoms with E-state index in [-0.39, 0.29) is 12.6 Å². The summed E-state index contributed by atoms with van der Waals surface area (Å²) in [7, 11) is 1.59. The lowest BCUT2D eigenvalue weighted by atomic mass is 10.1. The zero-order valence-corrected chi connectivity index (χ0v) is 13.4. The van der Waals surface area contributed by atoms with E-state index in [0.717, 1.165) is 15.6 Å². The largest absolute Gasteiger partial charge is 0.497 e. The van der Waals surface area contributed by atoms with Gasteiger partial charge in [-0.1, -0.05) is 15.9 Å². The van der Waals surface area contributed by atoms with Gasteiger partial charge >= 0.3 is 5.97 Å². The molecular formula is C16H16BrNO3. The molecule has 0 unspecified atom stereocenters. The molecule has 0 radical (unpaired) electrons. The van der Waals surface area contributed by atoms with Crippen molar-refractivity contribution in [3.63, 3.8) is 0 Å². The van der Waals surface area contributed by atoms with Crippen molar-refractivity contribution < 1.29 is 14.3 Å². The lowest BCUT2D eigenvalue weighted by Crippen LogP contribution is -2.06. The van der Waals surface area contributed by atoms with Crippen LogP contribution in [0.2, 0.25) is 0 Å². The van der Waals surface area contributed by atoms with Crippen molar-refractivity contribution in [3.05, 3.63) is 57.6 Å². The van der Waals surface area contributed by atoms with E-state index < -0.39 is 0 Å². The number of methoxy groups -OCH3 is 1. The maximum Gasteiger partial charge on any atom is 0.338 e. The van der Waals surface area contributed by atoms with Gasteiger partial charge in [-0.2, -0.15) is 0 Å². The number of hydrogen-bond donors (Lipinski definition) is 1. The first kappa shape index (κ1) is 15.4. The third-order valence-electron chi connectivity index (χ3n) is 3.12. The molecule has 110 valence electrons. The Morgan fingerprint density at radius 1 is 1.24 bits per heavy atom. The predicted molar refractivity (Wildman–Crippen MR) is 85.4 cm³/mol. The predicted octanol–water partition coefficient (Wildman–Crippen LogP) is 3.71. The van der Waals surface area contributed by atoms with Gasteiger partial charge in [0.2, 0.25) is 0 Å². The normalized spacial score (nSPS) is 10.2. The van der Waals surface area contributed by atoms with Crippen LogP contribution in [0.25, 0.3) is 0 Å². The number of nitrogen functional groups attached to an aromatic ring is 1. The van der Waals surface area contributed by atoms with Crippen LogP contribution < -0.4 is 10.5 Å². The molecular weight excluding hydrogens is 334 g/mol. The number of carbonyl (C=O) groups excluding carboxylic acids is 1. The second kappa shape index (κ2) is 6.63. The van der Waals surface area contributed by atoms with Crippen LogP contribution >= 0.6 is 15.9 Å². The molecule has 0 heterocycles. The number of hydrogen-bond acceptors (Lipinski definition) is 4. The summed E-state index contributed by atoms with van der Waals surface area (Å²) in [5.41, 5.74) is 8.57. The van der Waals surface area contributed by atoms with Crippen LogP contribution in [-0.2, 0) is 11.3 Å². The van der Waals surface area contributed by atoms with E-state index in [1.54, 1.807) is 25.3 Å². The van der Waals surface area contributed by atoms with Crippen molar-refractivity contribution in [1.29, 1.82) is 0 Å². The molecule has 0 spiro atoms. The van der Waals surface area contributed by atoms with E-state index in [9.17, 15) is 4.79 Å². The van der Waals surface area contributed by atoms with Crippen LogP contribution in [0, 0.1) is 6.92 Å². The molecule has 0 aliphatic carbocycles. The molecule has 0 saturated carbocycles. The summed E-state index contributed by atoms with van der Waals surface area (Å²) in [5.74, 6) is 0.334. The summed E-state index contributed by atoms with van der Waals surface area (Å²) in [6, 6.07) is 10.6. The van der Waals surface area contributed by atoms with Crippen molar-refractivity contribution in [2.45, 2.75) is 13.5 Å². The molecule has 0 fully saturated rings. The van der Waals surface area contributed by atoms with Gasteiger partial charge in [-0.25, -0.2) is 4.79 Å². The molecule has 2 aromatic rings. The first-order chi connectivity index (χ1) is 10.0. The zero-order chi connectivity index (χ0) is 15.4. The van der Waals surface area contributed by atoms with Gasteiger partial charge in [0.25, 0.3) is 0 Å². The van der Waals surface area contributed by atoms with Crippen molar-refractivity contribution in [3.8, 4) is 5.75 Å². The third-order valence-corrected chi connectivity index (χ3v) is 3.89. The van der Waals surface area contributed by atoms with Gasteiger partial charge in [-0.3, -0.25) is 0 Å². The van der Waals surface area contributed by atoms with Gasteiger partial charge in [0.15, 0.2) is 0 Å². The van der Waals surface area contributed by atoms with Gasteiger partial charge in [0.05, 0.1) is 12.7 Å². The Morgan fingerprint density at radius 3 is 2.67 bits per heavy atom. The summed E-state index contributed by atoms with van der Waals surface area (Å²) in [5, 5.41) is 0. The van der Waals surface area contributed by atoms with Gasteiger partial charge in [-0.05, 0) is 48.9 Å². The molecule has 0 atom stereocenters. The second-order valence-corrected chi connectivity index (χ2v) is 5.46. The van der Waals surface area contributed by atoms with E-state index in [4.69, 9.17) is 15.2 Å². The minimum atomic E-state index is -0.382. The molecule has 0 aliphatic heterocycles.